The fourth-order valence-electron chi connectivity index (χ4n) is 3.75. The van der Waals surface area contributed by atoms with Gasteiger partial charge in [0.1, 0.15) is 5.82 Å². The Hall–Kier alpha value is -1.47. The fraction of sp³-hybridized carbons (Fsp3) is 0.700. The standard InChI is InChI=1S/C20H33N5OS/c1-5-18-14-24(8-9-27-18)20(21-4)23-11-17-6-7-19(22-10-17)25-12-15(2)26-16(3)13-25/h6-7,10,15-16,18H,5,8-9,11-14H2,1-4H3,(H,21,23). The van der Waals surface area contributed by atoms with Gasteiger partial charge in [-0.2, -0.15) is 11.8 Å². The van der Waals surface area contributed by atoms with Gasteiger partial charge in [0.25, 0.3) is 0 Å². The van der Waals surface area contributed by atoms with Gasteiger partial charge in [-0.05, 0) is 31.9 Å². The summed E-state index contributed by atoms with van der Waals surface area (Å²) in [6, 6.07) is 4.28. The zero-order chi connectivity index (χ0) is 19.2. The number of rotatable bonds is 4. The van der Waals surface area contributed by atoms with Gasteiger partial charge >= 0.3 is 0 Å². The number of hydrogen-bond acceptors (Lipinski definition) is 5. The van der Waals surface area contributed by atoms with E-state index in [0.717, 1.165) is 44.5 Å². The van der Waals surface area contributed by atoms with Crippen molar-refractivity contribution >= 4 is 23.5 Å². The molecule has 2 saturated heterocycles. The van der Waals surface area contributed by atoms with E-state index in [2.05, 4.69) is 69.8 Å². The van der Waals surface area contributed by atoms with Gasteiger partial charge in [0.15, 0.2) is 5.96 Å². The summed E-state index contributed by atoms with van der Waals surface area (Å²) in [6.07, 6.45) is 3.67. The number of ether oxygens (including phenoxy) is 1. The van der Waals surface area contributed by atoms with Gasteiger partial charge in [0, 0.05) is 57.0 Å². The van der Waals surface area contributed by atoms with Crippen molar-refractivity contribution in [2.75, 3.05) is 43.9 Å². The van der Waals surface area contributed by atoms with Crippen LogP contribution in [0, 0.1) is 0 Å². The molecule has 0 bridgehead atoms. The Kier molecular flexibility index (Phi) is 7.24. The van der Waals surface area contributed by atoms with Crippen LogP contribution in [0.1, 0.15) is 32.8 Å². The molecular formula is C20H33N5OS. The molecule has 3 atom stereocenters. The summed E-state index contributed by atoms with van der Waals surface area (Å²) in [5.41, 5.74) is 1.17. The molecule has 2 fully saturated rings. The lowest BCUT2D eigenvalue weighted by Gasteiger charge is -2.36. The van der Waals surface area contributed by atoms with Crippen LogP contribution in [0.2, 0.25) is 0 Å². The number of nitrogens with one attached hydrogen (secondary N) is 1. The summed E-state index contributed by atoms with van der Waals surface area (Å²) < 4.78 is 5.81. The van der Waals surface area contributed by atoms with E-state index in [1.807, 2.05) is 13.2 Å². The molecule has 2 aliphatic rings. The summed E-state index contributed by atoms with van der Waals surface area (Å²) in [5.74, 6) is 3.20. The normalized spacial score (nSPS) is 27.0. The molecule has 0 radical (unpaired) electrons. The summed E-state index contributed by atoms with van der Waals surface area (Å²) in [7, 11) is 1.87. The van der Waals surface area contributed by atoms with Crippen LogP contribution in [0.5, 0.6) is 0 Å². The monoisotopic (exact) mass is 391 g/mol. The topological polar surface area (TPSA) is 53.0 Å². The van der Waals surface area contributed by atoms with E-state index < -0.39 is 0 Å². The van der Waals surface area contributed by atoms with Crippen LogP contribution >= 0.6 is 11.8 Å². The SMILES string of the molecule is CCC1CN(C(=NC)NCc2ccc(N3CC(C)OC(C)C3)nc2)CCS1. The van der Waals surface area contributed by atoms with Crippen molar-refractivity contribution in [2.45, 2.75) is 51.2 Å². The lowest BCUT2D eigenvalue weighted by molar-refractivity contribution is -0.00545. The van der Waals surface area contributed by atoms with Crippen molar-refractivity contribution in [1.29, 1.82) is 0 Å². The molecule has 1 N–H and O–H groups in total. The molecule has 1 aromatic rings. The minimum atomic E-state index is 0.245. The molecule has 1 aromatic heterocycles. The molecule has 0 spiro atoms. The van der Waals surface area contributed by atoms with Crippen molar-refractivity contribution < 1.29 is 4.74 Å². The maximum atomic E-state index is 5.81. The van der Waals surface area contributed by atoms with Crippen LogP contribution in [0.15, 0.2) is 23.3 Å². The highest BCUT2D eigenvalue weighted by atomic mass is 32.2. The number of thioether (sulfide) groups is 1. The highest BCUT2D eigenvalue weighted by Crippen LogP contribution is 2.21. The molecule has 0 aliphatic carbocycles. The van der Waals surface area contributed by atoms with Crippen LogP contribution < -0.4 is 10.2 Å². The van der Waals surface area contributed by atoms with Gasteiger partial charge in [0.2, 0.25) is 0 Å². The van der Waals surface area contributed by atoms with Crippen LogP contribution in [-0.4, -0.2) is 72.3 Å². The Labute approximate surface area is 167 Å². The van der Waals surface area contributed by atoms with Crippen LogP contribution in [0.25, 0.3) is 0 Å². The van der Waals surface area contributed by atoms with E-state index in [1.165, 1.54) is 17.7 Å². The van der Waals surface area contributed by atoms with E-state index in [9.17, 15) is 0 Å². The van der Waals surface area contributed by atoms with Gasteiger partial charge in [0.05, 0.1) is 12.2 Å². The third-order valence-corrected chi connectivity index (χ3v) is 6.48. The molecule has 0 amide bonds. The van der Waals surface area contributed by atoms with Gasteiger partial charge in [-0.3, -0.25) is 4.99 Å². The van der Waals surface area contributed by atoms with Crippen molar-refractivity contribution in [3.05, 3.63) is 23.9 Å². The fourth-order valence-corrected chi connectivity index (χ4v) is 4.93. The second-order valence-electron chi connectivity index (χ2n) is 7.43. The molecular weight excluding hydrogens is 358 g/mol. The first-order chi connectivity index (χ1) is 13.1. The van der Waals surface area contributed by atoms with E-state index >= 15 is 0 Å². The van der Waals surface area contributed by atoms with Crippen molar-refractivity contribution in [1.82, 2.24) is 15.2 Å². The van der Waals surface area contributed by atoms with Crippen LogP contribution in [0.4, 0.5) is 5.82 Å². The molecule has 27 heavy (non-hydrogen) atoms. The molecule has 3 unspecified atom stereocenters. The molecule has 7 heteroatoms. The summed E-state index contributed by atoms with van der Waals surface area (Å²) in [4.78, 5) is 13.9. The van der Waals surface area contributed by atoms with Gasteiger partial charge in [-0.15, -0.1) is 0 Å². The molecule has 3 rings (SSSR count). The predicted octanol–water partition coefficient (Wildman–Crippen LogP) is 2.60. The van der Waals surface area contributed by atoms with Gasteiger partial charge < -0.3 is 19.9 Å². The maximum absolute atomic E-state index is 5.81. The van der Waals surface area contributed by atoms with E-state index in [0.29, 0.717) is 5.25 Å². The first kappa shape index (κ1) is 20.3. The number of pyridine rings is 1. The number of aromatic nitrogens is 1. The Bertz CT molecular complexity index is 613. The first-order valence-corrected chi connectivity index (χ1v) is 11.1. The second kappa shape index (κ2) is 9.64. The largest absolute Gasteiger partial charge is 0.372 e. The third-order valence-electron chi connectivity index (χ3n) is 5.11. The molecule has 3 heterocycles. The lowest BCUT2D eigenvalue weighted by Crippen LogP contribution is -2.47. The predicted molar refractivity (Wildman–Crippen MR) is 115 cm³/mol. The zero-order valence-electron chi connectivity index (χ0n) is 17.0. The molecule has 150 valence electrons. The summed E-state index contributed by atoms with van der Waals surface area (Å²) in [5, 5.41) is 4.21. The van der Waals surface area contributed by atoms with Crippen molar-refractivity contribution in [2.24, 2.45) is 4.99 Å². The van der Waals surface area contributed by atoms with E-state index in [1.54, 1.807) is 0 Å². The van der Waals surface area contributed by atoms with E-state index in [4.69, 9.17) is 4.74 Å². The van der Waals surface area contributed by atoms with Crippen LogP contribution in [-0.2, 0) is 11.3 Å². The average molecular weight is 392 g/mol. The molecule has 2 aliphatic heterocycles. The molecule has 0 aromatic carbocycles. The molecule has 0 saturated carbocycles. The quantitative estimate of drug-likeness (QED) is 0.629. The highest BCUT2D eigenvalue weighted by Gasteiger charge is 2.23. The number of morpholine rings is 1. The Morgan fingerprint density at radius 3 is 2.70 bits per heavy atom. The lowest BCUT2D eigenvalue weighted by atomic mass is 10.2. The third kappa shape index (κ3) is 5.51. The van der Waals surface area contributed by atoms with Gasteiger partial charge in [-0.25, -0.2) is 4.98 Å². The Balaban J connectivity index is 1.55. The number of aliphatic imine (C=N–C) groups is 1. The number of hydrogen-bond donors (Lipinski definition) is 1. The van der Waals surface area contributed by atoms with Crippen LogP contribution in [0.3, 0.4) is 0 Å². The second-order valence-corrected chi connectivity index (χ2v) is 8.84. The Morgan fingerprint density at radius 2 is 2.07 bits per heavy atom. The summed E-state index contributed by atoms with van der Waals surface area (Å²) in [6.45, 7) is 11.2. The minimum absolute atomic E-state index is 0.245. The van der Waals surface area contributed by atoms with Crippen molar-refractivity contribution in [3.63, 3.8) is 0 Å². The van der Waals surface area contributed by atoms with E-state index in [-0.39, 0.29) is 12.2 Å². The number of anilines is 1. The maximum Gasteiger partial charge on any atom is 0.193 e. The zero-order valence-corrected chi connectivity index (χ0v) is 17.8. The smallest absolute Gasteiger partial charge is 0.193 e. The highest BCUT2D eigenvalue weighted by molar-refractivity contribution is 8.00. The number of guanidine groups is 1. The number of nitrogens with zero attached hydrogens (tertiary/aromatic N) is 4. The average Bonchev–Trinajstić information content (AvgIpc) is 2.68. The van der Waals surface area contributed by atoms with Crippen molar-refractivity contribution in [3.8, 4) is 0 Å². The Morgan fingerprint density at radius 1 is 1.30 bits per heavy atom. The summed E-state index contributed by atoms with van der Waals surface area (Å²) >= 11 is 2.08. The first-order valence-electron chi connectivity index (χ1n) is 10.0. The minimum Gasteiger partial charge on any atom is -0.372 e. The van der Waals surface area contributed by atoms with Gasteiger partial charge in [-0.1, -0.05) is 13.0 Å². The molecule has 6 nitrogen and oxygen atoms in total.